The van der Waals surface area contributed by atoms with Crippen LogP contribution in [-0.4, -0.2) is 62.6 Å². The number of ether oxygens (including phenoxy) is 4. The van der Waals surface area contributed by atoms with Gasteiger partial charge in [0.2, 0.25) is 0 Å². The van der Waals surface area contributed by atoms with E-state index in [-0.39, 0.29) is 21.2 Å². The van der Waals surface area contributed by atoms with Crippen molar-refractivity contribution in [3.63, 3.8) is 0 Å². The molecule has 0 aliphatic carbocycles. The molecule has 3 rings (SSSR count). The Bertz CT molecular complexity index is 1100. The quantitative estimate of drug-likeness (QED) is 0.148. The zero-order valence-corrected chi connectivity index (χ0v) is 20.9. The third-order valence-electron chi connectivity index (χ3n) is 4.77. The molecule has 8 heteroatoms. The van der Waals surface area contributed by atoms with Gasteiger partial charge in [-0.15, -0.1) is 0 Å². The van der Waals surface area contributed by atoms with E-state index >= 15 is 0 Å². The minimum atomic E-state index is -0.239. The number of hydrogen-bond acceptors (Lipinski definition) is 7. The van der Waals surface area contributed by atoms with Gasteiger partial charge < -0.3 is 0 Å². The molecule has 0 fully saturated rings. The second-order valence-electron chi connectivity index (χ2n) is 6.73. The first-order valence-corrected chi connectivity index (χ1v) is 13.2. The molecule has 0 aliphatic heterocycles. The van der Waals surface area contributed by atoms with Crippen molar-refractivity contribution in [2.45, 2.75) is 0 Å². The SMILES string of the molecule is C#Cc1cccc(N(C)c2ncnc3cc(OCCOC)c(OCCOC)cc23)c1[I-]C. The van der Waals surface area contributed by atoms with Gasteiger partial charge in [0.25, 0.3) is 0 Å². The zero-order valence-electron chi connectivity index (χ0n) is 18.7. The Morgan fingerprint density at radius 1 is 1.00 bits per heavy atom. The van der Waals surface area contributed by atoms with Crippen molar-refractivity contribution >= 4 is 22.4 Å². The summed E-state index contributed by atoms with van der Waals surface area (Å²) < 4.78 is 23.3. The van der Waals surface area contributed by atoms with Gasteiger partial charge in [-0.25, -0.2) is 0 Å². The van der Waals surface area contributed by atoms with Crippen LogP contribution in [0.5, 0.6) is 11.5 Å². The van der Waals surface area contributed by atoms with Crippen molar-refractivity contribution in [3.05, 3.63) is 45.8 Å². The second kappa shape index (κ2) is 11.9. The van der Waals surface area contributed by atoms with Gasteiger partial charge in [0.15, 0.2) is 0 Å². The Morgan fingerprint density at radius 2 is 1.69 bits per heavy atom. The van der Waals surface area contributed by atoms with E-state index in [1.165, 1.54) is 3.57 Å². The molecule has 0 atom stereocenters. The van der Waals surface area contributed by atoms with Crippen LogP contribution in [0.2, 0.25) is 0 Å². The Kier molecular flexibility index (Phi) is 8.90. The van der Waals surface area contributed by atoms with Crippen LogP contribution in [0.1, 0.15) is 5.56 Å². The standard InChI is InChI=1S/C24H27IN3O4/c1-6-17-8-7-9-20(23(17)25-2)28(3)24-18-14-21(31-12-10-29-4)22(32-13-11-30-5)15-19(18)26-16-27-24/h1,7-9,14-16H,10-13H2,2-5H3/q-1. The summed E-state index contributed by atoms with van der Waals surface area (Å²) in [5.74, 6) is 4.79. The summed E-state index contributed by atoms with van der Waals surface area (Å²) >= 11 is -0.239. The van der Waals surface area contributed by atoms with Gasteiger partial charge in [-0.05, 0) is 0 Å². The number of nitrogens with zero attached hydrogens (tertiary/aromatic N) is 3. The average Bonchev–Trinajstić information content (AvgIpc) is 2.83. The molecular weight excluding hydrogens is 521 g/mol. The predicted octanol–water partition coefficient (Wildman–Crippen LogP) is 0.318. The fourth-order valence-electron chi connectivity index (χ4n) is 3.22. The van der Waals surface area contributed by atoms with Crippen LogP contribution in [0.3, 0.4) is 0 Å². The van der Waals surface area contributed by atoms with E-state index in [0.717, 1.165) is 28.0 Å². The minimum absolute atomic E-state index is 0.239. The molecule has 0 radical (unpaired) electrons. The maximum atomic E-state index is 5.95. The van der Waals surface area contributed by atoms with Gasteiger partial charge in [0.1, 0.15) is 0 Å². The molecule has 0 amide bonds. The maximum absolute atomic E-state index is 5.95. The summed E-state index contributed by atoms with van der Waals surface area (Å²) in [5.41, 5.74) is 2.74. The molecule has 1 heterocycles. The average molecular weight is 548 g/mol. The van der Waals surface area contributed by atoms with E-state index < -0.39 is 0 Å². The molecular formula is C24H27IN3O4-. The van der Waals surface area contributed by atoms with E-state index in [4.69, 9.17) is 25.4 Å². The zero-order chi connectivity index (χ0) is 22.9. The van der Waals surface area contributed by atoms with Crippen LogP contribution in [0, 0.1) is 15.9 Å². The summed E-state index contributed by atoms with van der Waals surface area (Å²) in [4.78, 5) is 13.3. The van der Waals surface area contributed by atoms with Crippen molar-refractivity contribution in [2.75, 3.05) is 57.5 Å². The summed E-state index contributed by atoms with van der Waals surface area (Å²) in [7, 11) is 5.27. The van der Waals surface area contributed by atoms with Gasteiger partial charge in [-0.1, -0.05) is 0 Å². The Morgan fingerprint density at radius 3 is 2.31 bits per heavy atom. The molecule has 1 aromatic heterocycles. The predicted molar refractivity (Wildman–Crippen MR) is 121 cm³/mol. The van der Waals surface area contributed by atoms with Crippen LogP contribution in [-0.2, 0) is 9.47 Å². The van der Waals surface area contributed by atoms with E-state index in [1.807, 2.05) is 31.3 Å². The van der Waals surface area contributed by atoms with Crippen LogP contribution < -0.4 is 35.6 Å². The van der Waals surface area contributed by atoms with Gasteiger partial charge >= 0.3 is 193 Å². The monoisotopic (exact) mass is 548 g/mol. The number of benzene rings is 2. The number of alkyl halides is 1. The van der Waals surface area contributed by atoms with Crippen molar-refractivity contribution in [1.29, 1.82) is 0 Å². The van der Waals surface area contributed by atoms with Gasteiger partial charge in [0, 0.05) is 7.11 Å². The molecule has 0 unspecified atom stereocenters. The number of aromatic nitrogens is 2. The molecule has 32 heavy (non-hydrogen) atoms. The van der Waals surface area contributed by atoms with Gasteiger partial charge in [-0.2, -0.15) is 0 Å². The van der Waals surface area contributed by atoms with Crippen molar-refractivity contribution in [1.82, 2.24) is 9.97 Å². The van der Waals surface area contributed by atoms with Gasteiger partial charge in [0.05, 0.1) is 0 Å². The van der Waals surface area contributed by atoms with E-state index in [0.29, 0.717) is 37.9 Å². The number of halogens is 1. The number of rotatable bonds is 11. The van der Waals surface area contributed by atoms with Gasteiger partial charge in [-0.3, -0.25) is 0 Å². The van der Waals surface area contributed by atoms with Crippen LogP contribution in [0.15, 0.2) is 36.7 Å². The fourth-order valence-corrected chi connectivity index (χ4v) is 5.23. The summed E-state index contributed by atoms with van der Waals surface area (Å²) in [6.07, 6.45) is 7.30. The Labute approximate surface area is 199 Å². The van der Waals surface area contributed by atoms with Crippen LogP contribution in [0.4, 0.5) is 11.5 Å². The van der Waals surface area contributed by atoms with E-state index in [1.54, 1.807) is 20.5 Å². The molecule has 0 bridgehead atoms. The molecule has 0 saturated carbocycles. The summed E-state index contributed by atoms with van der Waals surface area (Å²) in [5, 5.41) is 0.855. The van der Waals surface area contributed by atoms with Crippen LogP contribution in [0.25, 0.3) is 10.9 Å². The number of terminal acetylenes is 1. The fraction of sp³-hybridized carbons (Fsp3) is 0.333. The third kappa shape index (κ3) is 5.41. The molecule has 0 spiro atoms. The molecule has 2 aromatic carbocycles. The van der Waals surface area contributed by atoms with E-state index in [9.17, 15) is 0 Å². The molecule has 170 valence electrons. The molecule has 7 nitrogen and oxygen atoms in total. The first kappa shape index (κ1) is 24.0. The molecule has 0 saturated heterocycles. The third-order valence-corrected chi connectivity index (χ3v) is 6.98. The normalized spacial score (nSPS) is 10.8. The van der Waals surface area contributed by atoms with Crippen LogP contribution >= 0.6 is 0 Å². The number of methoxy groups -OCH3 is 2. The number of fused-ring (bicyclic) bond motifs is 1. The first-order valence-electron chi connectivity index (χ1n) is 9.99. The molecule has 0 N–H and O–H groups in total. The van der Waals surface area contributed by atoms with Crippen molar-refractivity contribution in [2.24, 2.45) is 0 Å². The second-order valence-corrected chi connectivity index (χ2v) is 8.88. The van der Waals surface area contributed by atoms with Crippen molar-refractivity contribution in [3.8, 4) is 23.8 Å². The Balaban J connectivity index is 2.08. The van der Waals surface area contributed by atoms with Crippen molar-refractivity contribution < 1.29 is 40.2 Å². The summed E-state index contributed by atoms with van der Waals surface area (Å²) in [6.45, 7) is 1.75. The van der Waals surface area contributed by atoms with E-state index in [2.05, 4.69) is 31.8 Å². The summed E-state index contributed by atoms with van der Waals surface area (Å²) in [6, 6.07) is 9.83. The number of hydrogen-bond donors (Lipinski definition) is 0. The first-order chi connectivity index (χ1) is 15.6. The molecule has 0 aliphatic rings. The number of anilines is 2. The molecule has 3 aromatic rings. The Hall–Kier alpha value is -2.61. The topological polar surface area (TPSA) is 65.9 Å².